The van der Waals surface area contributed by atoms with E-state index in [0.717, 1.165) is 17.0 Å². The first-order chi connectivity index (χ1) is 10.4. The molecule has 0 spiro atoms. The molecule has 0 bridgehead atoms. The van der Waals surface area contributed by atoms with Gasteiger partial charge in [-0.05, 0) is 30.3 Å². The number of hydrogen-bond donors (Lipinski definition) is 1. The fourth-order valence-corrected chi connectivity index (χ4v) is 2.51. The predicted molar refractivity (Wildman–Crippen MR) is 80.0 cm³/mol. The third-order valence-electron chi connectivity index (χ3n) is 2.58. The van der Waals surface area contributed by atoms with Crippen LogP contribution in [-0.2, 0) is 11.0 Å². The van der Waals surface area contributed by atoms with E-state index in [1.165, 1.54) is 17.8 Å². The Labute approximate surface area is 133 Å². The molecule has 0 aliphatic heterocycles. The molecule has 1 aromatic heterocycles. The summed E-state index contributed by atoms with van der Waals surface area (Å²) in [5.74, 6) is -0.328. The Morgan fingerprint density at radius 3 is 2.55 bits per heavy atom. The van der Waals surface area contributed by atoms with Crippen LogP contribution in [0.5, 0.6) is 0 Å². The number of carbonyl (C=O) groups excluding carboxylic acids is 1. The number of nitrogens with zero attached hydrogens (tertiary/aromatic N) is 1. The van der Waals surface area contributed by atoms with E-state index in [4.69, 9.17) is 11.6 Å². The SMILES string of the molecule is O=C(CSc1ccncc1)Nc1ccc(Cl)c(C(F)(F)F)c1. The van der Waals surface area contributed by atoms with Crippen LogP contribution in [0.15, 0.2) is 47.6 Å². The van der Waals surface area contributed by atoms with E-state index in [0.29, 0.717) is 0 Å². The highest BCUT2D eigenvalue weighted by Crippen LogP contribution is 2.36. The minimum atomic E-state index is -4.57. The van der Waals surface area contributed by atoms with Crippen LogP contribution in [0.2, 0.25) is 5.02 Å². The zero-order valence-corrected chi connectivity index (χ0v) is 12.6. The molecule has 0 radical (unpaired) electrons. The first-order valence-corrected chi connectivity index (χ1v) is 7.42. The van der Waals surface area contributed by atoms with E-state index in [1.807, 2.05) is 0 Å². The van der Waals surface area contributed by atoms with Crippen molar-refractivity contribution in [2.75, 3.05) is 11.1 Å². The highest BCUT2D eigenvalue weighted by atomic mass is 35.5. The number of carbonyl (C=O) groups is 1. The second-order valence-corrected chi connectivity index (χ2v) is 5.67. The van der Waals surface area contributed by atoms with Gasteiger partial charge in [-0.15, -0.1) is 11.8 Å². The molecular formula is C14H10ClF3N2OS. The van der Waals surface area contributed by atoms with Crippen LogP contribution in [0.25, 0.3) is 0 Å². The molecule has 2 rings (SSSR count). The lowest BCUT2D eigenvalue weighted by Gasteiger charge is -2.11. The molecule has 0 fully saturated rings. The number of nitrogens with one attached hydrogen (secondary N) is 1. The maximum absolute atomic E-state index is 12.7. The van der Waals surface area contributed by atoms with Gasteiger partial charge in [-0.25, -0.2) is 0 Å². The molecule has 116 valence electrons. The molecule has 0 aliphatic rings. The summed E-state index contributed by atoms with van der Waals surface area (Å²) in [5, 5.41) is 2.01. The van der Waals surface area contributed by atoms with Crippen molar-refractivity contribution in [3.05, 3.63) is 53.3 Å². The monoisotopic (exact) mass is 346 g/mol. The molecule has 2 aromatic rings. The average molecular weight is 347 g/mol. The van der Waals surface area contributed by atoms with Crippen LogP contribution in [-0.4, -0.2) is 16.6 Å². The predicted octanol–water partition coefficient (Wildman–Crippen LogP) is 4.48. The van der Waals surface area contributed by atoms with Gasteiger partial charge < -0.3 is 5.32 Å². The maximum atomic E-state index is 12.7. The van der Waals surface area contributed by atoms with Crippen LogP contribution < -0.4 is 5.32 Å². The van der Waals surface area contributed by atoms with Gasteiger partial charge in [0.1, 0.15) is 0 Å². The van der Waals surface area contributed by atoms with Crippen LogP contribution >= 0.6 is 23.4 Å². The topological polar surface area (TPSA) is 42.0 Å². The number of amides is 1. The second-order valence-electron chi connectivity index (χ2n) is 4.21. The molecule has 1 aromatic carbocycles. The van der Waals surface area contributed by atoms with Crippen molar-refractivity contribution in [3.63, 3.8) is 0 Å². The number of aromatic nitrogens is 1. The molecule has 22 heavy (non-hydrogen) atoms. The lowest BCUT2D eigenvalue weighted by Crippen LogP contribution is -2.15. The van der Waals surface area contributed by atoms with E-state index in [-0.39, 0.29) is 11.4 Å². The molecule has 1 N–H and O–H groups in total. The highest BCUT2D eigenvalue weighted by molar-refractivity contribution is 8.00. The molecular weight excluding hydrogens is 337 g/mol. The molecule has 0 atom stereocenters. The fraction of sp³-hybridized carbons (Fsp3) is 0.143. The third-order valence-corrected chi connectivity index (χ3v) is 3.92. The molecule has 1 amide bonds. The summed E-state index contributed by atoms with van der Waals surface area (Å²) in [6, 6.07) is 6.73. The Balaban J connectivity index is 2.00. The van der Waals surface area contributed by atoms with E-state index < -0.39 is 22.7 Å². The molecule has 0 saturated heterocycles. The van der Waals surface area contributed by atoms with Crippen molar-refractivity contribution in [2.45, 2.75) is 11.1 Å². The lowest BCUT2D eigenvalue weighted by atomic mass is 10.2. The molecule has 1 heterocycles. The summed E-state index contributed by atoms with van der Waals surface area (Å²) in [6.45, 7) is 0. The van der Waals surface area contributed by atoms with Gasteiger partial charge in [-0.1, -0.05) is 11.6 Å². The van der Waals surface area contributed by atoms with Gasteiger partial charge >= 0.3 is 6.18 Å². The van der Waals surface area contributed by atoms with E-state index in [1.54, 1.807) is 24.5 Å². The molecule has 0 saturated carbocycles. The highest BCUT2D eigenvalue weighted by Gasteiger charge is 2.33. The van der Waals surface area contributed by atoms with Crippen molar-refractivity contribution in [2.24, 2.45) is 0 Å². The van der Waals surface area contributed by atoms with E-state index in [9.17, 15) is 18.0 Å². The summed E-state index contributed by atoms with van der Waals surface area (Å²) < 4.78 is 38.2. The smallest absolute Gasteiger partial charge is 0.325 e. The minimum Gasteiger partial charge on any atom is -0.325 e. The van der Waals surface area contributed by atoms with Gasteiger partial charge in [-0.2, -0.15) is 13.2 Å². The number of alkyl halides is 3. The first-order valence-electron chi connectivity index (χ1n) is 6.05. The zero-order valence-electron chi connectivity index (χ0n) is 11.0. The Morgan fingerprint density at radius 2 is 1.91 bits per heavy atom. The third kappa shape index (κ3) is 4.64. The molecule has 3 nitrogen and oxygen atoms in total. The Morgan fingerprint density at radius 1 is 1.23 bits per heavy atom. The van der Waals surface area contributed by atoms with Crippen LogP contribution in [0, 0.1) is 0 Å². The Kier molecular flexibility index (Phi) is 5.31. The summed E-state index contributed by atoms with van der Waals surface area (Å²) >= 11 is 6.78. The first kappa shape index (κ1) is 16.6. The van der Waals surface area contributed by atoms with Gasteiger partial charge in [0.2, 0.25) is 5.91 Å². The van der Waals surface area contributed by atoms with Gasteiger partial charge in [0.15, 0.2) is 0 Å². The number of anilines is 1. The van der Waals surface area contributed by atoms with Crippen molar-refractivity contribution in [1.82, 2.24) is 4.98 Å². The number of rotatable bonds is 4. The molecule has 8 heteroatoms. The van der Waals surface area contributed by atoms with Gasteiger partial charge in [0.05, 0.1) is 16.3 Å². The Bertz CT molecular complexity index is 665. The summed E-state index contributed by atoms with van der Waals surface area (Å²) in [6.07, 6.45) is -1.38. The van der Waals surface area contributed by atoms with Gasteiger partial charge in [0.25, 0.3) is 0 Å². The summed E-state index contributed by atoms with van der Waals surface area (Å²) in [7, 11) is 0. The number of benzene rings is 1. The summed E-state index contributed by atoms with van der Waals surface area (Å²) in [5.41, 5.74) is -0.925. The molecule has 0 unspecified atom stereocenters. The van der Waals surface area contributed by atoms with Crippen LogP contribution in [0.4, 0.5) is 18.9 Å². The van der Waals surface area contributed by atoms with Crippen LogP contribution in [0.3, 0.4) is 0 Å². The quantitative estimate of drug-likeness (QED) is 0.830. The van der Waals surface area contributed by atoms with Crippen LogP contribution in [0.1, 0.15) is 5.56 Å². The number of halogens is 4. The molecule has 0 aliphatic carbocycles. The second kappa shape index (κ2) is 7.02. The minimum absolute atomic E-state index is 0.0528. The van der Waals surface area contributed by atoms with Crippen molar-refractivity contribution in [3.8, 4) is 0 Å². The van der Waals surface area contributed by atoms with Gasteiger partial charge in [-0.3, -0.25) is 9.78 Å². The van der Waals surface area contributed by atoms with Crippen molar-refractivity contribution in [1.29, 1.82) is 0 Å². The van der Waals surface area contributed by atoms with Crippen molar-refractivity contribution >= 4 is 35.0 Å². The average Bonchev–Trinajstić information content (AvgIpc) is 2.47. The number of hydrogen-bond acceptors (Lipinski definition) is 3. The van der Waals surface area contributed by atoms with Crippen molar-refractivity contribution < 1.29 is 18.0 Å². The lowest BCUT2D eigenvalue weighted by molar-refractivity contribution is -0.137. The van der Waals surface area contributed by atoms with E-state index >= 15 is 0 Å². The fourth-order valence-electron chi connectivity index (χ4n) is 1.60. The standard InChI is InChI=1S/C14H10ClF3N2OS/c15-12-2-1-9(7-11(12)14(16,17)18)20-13(21)8-22-10-3-5-19-6-4-10/h1-7H,8H2,(H,20,21). The van der Waals surface area contributed by atoms with E-state index in [2.05, 4.69) is 10.3 Å². The normalized spacial score (nSPS) is 11.3. The number of thioether (sulfide) groups is 1. The number of pyridine rings is 1. The zero-order chi connectivity index (χ0) is 16.2. The summed E-state index contributed by atoms with van der Waals surface area (Å²) in [4.78, 5) is 16.5. The van der Waals surface area contributed by atoms with Gasteiger partial charge in [0, 0.05) is 23.0 Å². The maximum Gasteiger partial charge on any atom is 0.417 e. The Hall–Kier alpha value is -1.73. The largest absolute Gasteiger partial charge is 0.417 e.